The molecule has 12 nitrogen and oxygen atoms in total. The lowest BCUT2D eigenvalue weighted by Crippen LogP contribution is -2.25. The van der Waals surface area contributed by atoms with E-state index in [1.807, 2.05) is 0 Å². The average molecular weight is 588 g/mol. The number of thiophene rings is 1. The lowest BCUT2D eigenvalue weighted by Gasteiger charge is -2.14. The molecule has 0 aliphatic rings. The van der Waals surface area contributed by atoms with Crippen LogP contribution >= 0.6 is 18.9 Å². The Morgan fingerprint density at radius 1 is 1.24 bits per heavy atom. The van der Waals surface area contributed by atoms with Crippen molar-refractivity contribution >= 4 is 39.0 Å². The van der Waals surface area contributed by atoms with Gasteiger partial charge in [0.25, 0.3) is 10.0 Å². The zero-order chi connectivity index (χ0) is 27.9. The third-order valence-corrected chi connectivity index (χ3v) is 9.64. The van der Waals surface area contributed by atoms with Crippen LogP contribution in [0.5, 0.6) is 17.2 Å². The number of benzene rings is 1. The summed E-state index contributed by atoms with van der Waals surface area (Å²) in [6.07, 6.45) is 1.08. The Kier molecular flexibility index (Phi) is 10.0. The molecule has 0 bridgehead atoms. The van der Waals surface area contributed by atoms with Gasteiger partial charge in [-0.2, -0.15) is 9.98 Å². The molecule has 0 aliphatic carbocycles. The number of rotatable bonds is 14. The normalized spacial score (nSPS) is 13.2. The van der Waals surface area contributed by atoms with E-state index in [1.165, 1.54) is 25.1 Å². The third kappa shape index (κ3) is 7.17. The van der Waals surface area contributed by atoms with Gasteiger partial charge in [-0.1, -0.05) is 0 Å². The Hall–Kier alpha value is -2.83. The molecule has 38 heavy (non-hydrogen) atoms. The molecule has 2 heterocycles. The molecule has 206 valence electrons. The smallest absolute Gasteiger partial charge is 0.391 e. The summed E-state index contributed by atoms with van der Waals surface area (Å²) in [4.78, 5) is 13.9. The maximum absolute atomic E-state index is 15.5. The molecule has 0 amide bonds. The van der Waals surface area contributed by atoms with E-state index in [2.05, 4.69) is 9.71 Å². The van der Waals surface area contributed by atoms with Crippen LogP contribution < -0.4 is 30.2 Å². The number of nitriles is 1. The first-order valence-electron chi connectivity index (χ1n) is 11.3. The number of halogens is 1. The minimum atomic E-state index is -4.50. The van der Waals surface area contributed by atoms with Crippen LogP contribution in [0.2, 0.25) is 0 Å². The van der Waals surface area contributed by atoms with Crippen LogP contribution in [0, 0.1) is 24.1 Å². The number of hydrogen-bond donors (Lipinski definition) is 4. The Morgan fingerprint density at radius 3 is 2.53 bits per heavy atom. The predicted octanol–water partition coefficient (Wildman–Crippen LogP) is 2.57. The molecular formula is C22H27FN5O7PS2. The molecule has 2 aromatic heterocycles. The van der Waals surface area contributed by atoms with Gasteiger partial charge in [0.1, 0.15) is 28.0 Å². The number of nitrogens with zero attached hydrogens (tertiary/aromatic N) is 2. The predicted molar refractivity (Wildman–Crippen MR) is 139 cm³/mol. The third-order valence-electron chi connectivity index (χ3n) is 5.05. The Balaban J connectivity index is 1.88. The molecule has 3 aromatic rings. The van der Waals surface area contributed by atoms with Gasteiger partial charge in [-0.25, -0.2) is 22.4 Å². The van der Waals surface area contributed by atoms with E-state index in [-0.39, 0.29) is 56.0 Å². The zero-order valence-electron chi connectivity index (χ0n) is 20.3. The van der Waals surface area contributed by atoms with Crippen LogP contribution in [0.15, 0.2) is 28.6 Å². The Bertz CT molecular complexity index is 1480. The second kappa shape index (κ2) is 12.8. The maximum Gasteiger partial charge on any atom is 0.391 e. The Labute approximate surface area is 222 Å². The van der Waals surface area contributed by atoms with Crippen molar-refractivity contribution < 1.29 is 36.3 Å². The number of sulfonamides is 1. The number of ether oxygens (including phenoxy) is 2. The Morgan fingerprint density at radius 2 is 1.92 bits per heavy atom. The SMILES string of the molecule is Cc1c(S(=O)(=O)NCP(=O)(O)Oc2ccc(C#N)nc2)sc2c(F)c(OCCCN)c(OCCCN)cc12. The molecule has 6 N–H and O–H groups in total. The summed E-state index contributed by atoms with van der Waals surface area (Å²) in [5.41, 5.74) is 11.3. The molecule has 0 aliphatic heterocycles. The number of aromatic nitrogens is 1. The number of nitrogens with one attached hydrogen (secondary N) is 1. The molecule has 3 rings (SSSR count). The number of hydrogen-bond acceptors (Lipinski definition) is 11. The molecule has 1 unspecified atom stereocenters. The molecule has 1 atom stereocenters. The fourth-order valence-corrected chi connectivity index (χ4v) is 7.50. The molecule has 0 radical (unpaired) electrons. The lowest BCUT2D eigenvalue weighted by atomic mass is 10.1. The quantitative estimate of drug-likeness (QED) is 0.160. The van der Waals surface area contributed by atoms with E-state index >= 15 is 4.39 Å². The standard InChI is InChI=1S/C22H27FN5O7PS2/c1-14-17-10-18(33-8-2-6-24)20(34-9-3-7-25)19(23)21(17)37-22(14)38(31,32)28-13-36(29,30)35-16-5-4-15(11-26)27-12-16/h4-5,10,12,28H,2-3,6-9,13,24-25H2,1H3,(H,29,30). The van der Waals surface area contributed by atoms with Crippen molar-refractivity contribution in [3.8, 4) is 23.3 Å². The summed E-state index contributed by atoms with van der Waals surface area (Å²) in [7, 11) is -8.86. The van der Waals surface area contributed by atoms with E-state index in [4.69, 9.17) is 30.7 Å². The van der Waals surface area contributed by atoms with Crippen molar-refractivity contribution in [3.05, 3.63) is 41.5 Å². The van der Waals surface area contributed by atoms with Crippen LogP contribution in [0.3, 0.4) is 0 Å². The van der Waals surface area contributed by atoms with Gasteiger partial charge >= 0.3 is 7.60 Å². The zero-order valence-corrected chi connectivity index (χ0v) is 22.9. The first kappa shape index (κ1) is 29.7. The van der Waals surface area contributed by atoms with Gasteiger partial charge in [0.05, 0.1) is 24.1 Å². The lowest BCUT2D eigenvalue weighted by molar-refractivity contribution is 0.256. The maximum atomic E-state index is 15.5. The van der Waals surface area contributed by atoms with Gasteiger partial charge < -0.3 is 30.4 Å². The first-order chi connectivity index (χ1) is 18.0. The van der Waals surface area contributed by atoms with Crippen LogP contribution in [0.4, 0.5) is 4.39 Å². The number of aryl methyl sites for hydroxylation is 1. The van der Waals surface area contributed by atoms with Gasteiger partial charge in [0.15, 0.2) is 17.3 Å². The molecule has 0 spiro atoms. The highest BCUT2D eigenvalue weighted by Crippen LogP contribution is 2.45. The van der Waals surface area contributed by atoms with E-state index in [1.54, 1.807) is 6.07 Å². The second-order valence-corrected chi connectivity index (χ2v) is 12.7. The van der Waals surface area contributed by atoms with Crippen LogP contribution in [-0.4, -0.2) is 50.9 Å². The summed E-state index contributed by atoms with van der Waals surface area (Å²) in [6, 6.07) is 5.81. The summed E-state index contributed by atoms with van der Waals surface area (Å²) in [5, 5.41) is 9.07. The van der Waals surface area contributed by atoms with Crippen molar-refractivity contribution in [1.82, 2.24) is 9.71 Å². The number of nitrogens with two attached hydrogens (primary N) is 2. The van der Waals surface area contributed by atoms with Crippen LogP contribution in [0.25, 0.3) is 10.1 Å². The summed E-state index contributed by atoms with van der Waals surface area (Å²) in [6.45, 7) is 2.51. The average Bonchev–Trinajstić information content (AvgIpc) is 3.22. The fourth-order valence-electron chi connectivity index (χ4n) is 3.20. The van der Waals surface area contributed by atoms with Crippen LogP contribution in [0.1, 0.15) is 24.1 Å². The van der Waals surface area contributed by atoms with Crippen molar-refractivity contribution in [3.63, 3.8) is 0 Å². The molecule has 0 saturated carbocycles. The van der Waals surface area contributed by atoms with Gasteiger partial charge in [0, 0.05) is 5.39 Å². The van der Waals surface area contributed by atoms with Crippen molar-refractivity contribution in [2.75, 3.05) is 32.6 Å². The highest BCUT2D eigenvalue weighted by molar-refractivity contribution is 7.92. The molecular weight excluding hydrogens is 560 g/mol. The topological polar surface area (TPSA) is 200 Å². The largest absolute Gasteiger partial charge is 0.490 e. The molecule has 0 fully saturated rings. The van der Waals surface area contributed by atoms with E-state index < -0.39 is 29.7 Å². The van der Waals surface area contributed by atoms with E-state index in [9.17, 15) is 17.9 Å². The highest BCUT2D eigenvalue weighted by Gasteiger charge is 2.30. The van der Waals surface area contributed by atoms with Crippen molar-refractivity contribution in [1.29, 1.82) is 5.26 Å². The van der Waals surface area contributed by atoms with Gasteiger partial charge in [0.2, 0.25) is 0 Å². The van der Waals surface area contributed by atoms with Gasteiger partial charge in [-0.3, -0.25) is 0 Å². The summed E-state index contributed by atoms with van der Waals surface area (Å²) in [5.74, 6) is -0.979. The molecule has 0 saturated heterocycles. The molecule has 1 aromatic carbocycles. The minimum Gasteiger partial charge on any atom is -0.490 e. The first-order valence-corrected chi connectivity index (χ1v) is 15.4. The van der Waals surface area contributed by atoms with Crippen molar-refractivity contribution in [2.24, 2.45) is 11.5 Å². The fraction of sp³-hybridized carbons (Fsp3) is 0.364. The van der Waals surface area contributed by atoms with Crippen LogP contribution in [-0.2, 0) is 14.6 Å². The minimum absolute atomic E-state index is 0.0175. The van der Waals surface area contributed by atoms with Crippen molar-refractivity contribution in [2.45, 2.75) is 24.0 Å². The van der Waals surface area contributed by atoms with E-state index in [0.29, 0.717) is 37.3 Å². The van der Waals surface area contributed by atoms with Gasteiger partial charge in [-0.15, -0.1) is 11.3 Å². The second-order valence-electron chi connectivity index (χ2n) is 7.92. The monoisotopic (exact) mass is 587 g/mol. The van der Waals surface area contributed by atoms with Gasteiger partial charge in [-0.05, 0) is 56.6 Å². The summed E-state index contributed by atoms with van der Waals surface area (Å²) < 4.78 is 72.1. The molecule has 16 heteroatoms. The highest BCUT2D eigenvalue weighted by atomic mass is 32.2. The summed E-state index contributed by atoms with van der Waals surface area (Å²) >= 11 is 0.648. The number of fused-ring (bicyclic) bond motifs is 1. The number of pyridine rings is 1. The van der Waals surface area contributed by atoms with E-state index in [0.717, 1.165) is 6.20 Å².